The molecule has 1 atom stereocenters. The van der Waals surface area contributed by atoms with E-state index in [0.717, 1.165) is 59.5 Å². The predicted octanol–water partition coefficient (Wildman–Crippen LogP) is 3.24. The summed E-state index contributed by atoms with van der Waals surface area (Å²) in [6.45, 7) is 0.747. The SMILES string of the molecule is c1cncc(-c2ncc3c(n2)CCC[C@@H]3NCc2ccc3nonc3c2)c1. The van der Waals surface area contributed by atoms with Gasteiger partial charge in [0.15, 0.2) is 5.82 Å². The zero-order chi connectivity index (χ0) is 18.1. The lowest BCUT2D eigenvalue weighted by atomic mass is 9.92. The highest BCUT2D eigenvalue weighted by Crippen LogP contribution is 2.29. The Labute approximate surface area is 155 Å². The summed E-state index contributed by atoms with van der Waals surface area (Å²) >= 11 is 0. The second-order valence-electron chi connectivity index (χ2n) is 6.75. The van der Waals surface area contributed by atoms with Gasteiger partial charge in [-0.1, -0.05) is 6.07 Å². The molecule has 3 aromatic heterocycles. The lowest BCUT2D eigenvalue weighted by molar-refractivity contribution is 0.315. The van der Waals surface area contributed by atoms with Crippen molar-refractivity contribution in [1.29, 1.82) is 0 Å². The molecular formula is C20H18N6O. The van der Waals surface area contributed by atoms with Gasteiger partial charge in [-0.2, -0.15) is 0 Å². The number of hydrogen-bond donors (Lipinski definition) is 1. The summed E-state index contributed by atoms with van der Waals surface area (Å²) in [5.74, 6) is 0.742. The van der Waals surface area contributed by atoms with Gasteiger partial charge in [-0.25, -0.2) is 14.6 Å². The molecule has 27 heavy (non-hydrogen) atoms. The van der Waals surface area contributed by atoms with Crippen LogP contribution in [-0.2, 0) is 13.0 Å². The average Bonchev–Trinajstić information content (AvgIpc) is 3.20. The molecule has 0 aliphatic heterocycles. The molecule has 7 heteroatoms. The third-order valence-electron chi connectivity index (χ3n) is 4.97. The first-order chi connectivity index (χ1) is 13.4. The first-order valence-electron chi connectivity index (χ1n) is 9.07. The summed E-state index contributed by atoms with van der Waals surface area (Å²) in [7, 11) is 0. The molecule has 0 fully saturated rings. The number of nitrogens with zero attached hydrogens (tertiary/aromatic N) is 5. The fourth-order valence-electron chi connectivity index (χ4n) is 3.57. The summed E-state index contributed by atoms with van der Waals surface area (Å²) in [6, 6.07) is 10.1. The molecule has 1 aromatic carbocycles. The highest BCUT2D eigenvalue weighted by Gasteiger charge is 2.22. The number of aryl methyl sites for hydroxylation is 1. The third-order valence-corrected chi connectivity index (χ3v) is 4.97. The highest BCUT2D eigenvalue weighted by atomic mass is 16.6. The fraction of sp³-hybridized carbons (Fsp3) is 0.250. The van der Waals surface area contributed by atoms with Crippen molar-refractivity contribution in [2.75, 3.05) is 0 Å². The molecule has 0 unspecified atom stereocenters. The van der Waals surface area contributed by atoms with Crippen molar-refractivity contribution in [3.05, 3.63) is 65.7 Å². The van der Waals surface area contributed by atoms with Crippen LogP contribution in [0, 0.1) is 0 Å². The fourth-order valence-corrected chi connectivity index (χ4v) is 3.57. The Hall–Kier alpha value is -3.19. The zero-order valence-electron chi connectivity index (χ0n) is 14.7. The molecule has 0 bridgehead atoms. The molecule has 0 saturated heterocycles. The van der Waals surface area contributed by atoms with Gasteiger partial charge >= 0.3 is 0 Å². The largest absolute Gasteiger partial charge is 0.306 e. The predicted molar refractivity (Wildman–Crippen MR) is 99.6 cm³/mol. The minimum atomic E-state index is 0.253. The summed E-state index contributed by atoms with van der Waals surface area (Å²) in [5, 5.41) is 11.4. The van der Waals surface area contributed by atoms with Crippen LogP contribution in [-0.4, -0.2) is 25.3 Å². The molecule has 0 saturated carbocycles. The maximum Gasteiger partial charge on any atom is 0.160 e. The van der Waals surface area contributed by atoms with Gasteiger partial charge in [0.1, 0.15) is 11.0 Å². The number of benzene rings is 1. The van der Waals surface area contributed by atoms with E-state index in [0.29, 0.717) is 0 Å². The lowest BCUT2D eigenvalue weighted by Gasteiger charge is -2.25. The standard InChI is InChI=1S/C20H18N6O/c1-4-16(22-10-13-6-7-18-19(9-13)26-27-25-18)15-12-23-20(24-17(15)5-1)14-3-2-8-21-11-14/h2-3,6-9,11-12,16,22H,1,4-5,10H2/t16-/m0/s1. The smallest absolute Gasteiger partial charge is 0.160 e. The van der Waals surface area contributed by atoms with Crippen molar-refractivity contribution in [1.82, 2.24) is 30.6 Å². The van der Waals surface area contributed by atoms with Crippen molar-refractivity contribution < 1.29 is 4.63 Å². The van der Waals surface area contributed by atoms with Crippen molar-refractivity contribution >= 4 is 11.0 Å². The number of hydrogen-bond acceptors (Lipinski definition) is 7. The summed E-state index contributed by atoms with van der Waals surface area (Å²) in [6.07, 6.45) is 8.70. The summed E-state index contributed by atoms with van der Waals surface area (Å²) < 4.78 is 4.77. The molecule has 0 amide bonds. The van der Waals surface area contributed by atoms with Crippen LogP contribution in [0.5, 0.6) is 0 Å². The second kappa shape index (κ2) is 6.85. The Balaban J connectivity index is 1.36. The number of nitrogens with one attached hydrogen (secondary N) is 1. The van der Waals surface area contributed by atoms with E-state index in [2.05, 4.69) is 25.6 Å². The molecule has 0 spiro atoms. The lowest BCUT2D eigenvalue weighted by Crippen LogP contribution is -2.26. The Morgan fingerprint density at radius 2 is 2.07 bits per heavy atom. The minimum Gasteiger partial charge on any atom is -0.306 e. The van der Waals surface area contributed by atoms with Crippen molar-refractivity contribution in [2.45, 2.75) is 31.8 Å². The molecule has 1 N–H and O–H groups in total. The first kappa shape index (κ1) is 16.0. The normalized spacial score (nSPS) is 16.4. The summed E-state index contributed by atoms with van der Waals surface area (Å²) in [5.41, 5.74) is 5.98. The van der Waals surface area contributed by atoms with Crippen LogP contribution in [0.4, 0.5) is 0 Å². The highest BCUT2D eigenvalue weighted by molar-refractivity contribution is 5.73. The quantitative estimate of drug-likeness (QED) is 0.599. The summed E-state index contributed by atoms with van der Waals surface area (Å²) in [4.78, 5) is 13.5. The molecule has 3 heterocycles. The average molecular weight is 358 g/mol. The van der Waals surface area contributed by atoms with Gasteiger partial charge in [0, 0.05) is 48.0 Å². The van der Waals surface area contributed by atoms with E-state index in [4.69, 9.17) is 9.61 Å². The molecule has 4 aromatic rings. The maximum absolute atomic E-state index is 4.80. The van der Waals surface area contributed by atoms with Crippen LogP contribution in [0.1, 0.15) is 35.7 Å². The van der Waals surface area contributed by atoms with Crippen LogP contribution in [0.2, 0.25) is 0 Å². The van der Waals surface area contributed by atoms with E-state index in [1.807, 2.05) is 36.5 Å². The molecule has 1 aliphatic carbocycles. The van der Waals surface area contributed by atoms with Gasteiger partial charge in [0.25, 0.3) is 0 Å². The monoisotopic (exact) mass is 358 g/mol. The van der Waals surface area contributed by atoms with Crippen LogP contribution >= 0.6 is 0 Å². The maximum atomic E-state index is 4.80. The van der Waals surface area contributed by atoms with E-state index >= 15 is 0 Å². The first-order valence-corrected chi connectivity index (χ1v) is 9.07. The van der Waals surface area contributed by atoms with Crippen LogP contribution in [0.25, 0.3) is 22.4 Å². The molecule has 1 aliphatic rings. The minimum absolute atomic E-state index is 0.253. The van der Waals surface area contributed by atoms with Crippen molar-refractivity contribution in [2.24, 2.45) is 0 Å². The molecule has 5 rings (SSSR count). The zero-order valence-corrected chi connectivity index (χ0v) is 14.7. The Morgan fingerprint density at radius 1 is 1.11 bits per heavy atom. The van der Waals surface area contributed by atoms with Gasteiger partial charge < -0.3 is 5.32 Å². The van der Waals surface area contributed by atoms with E-state index in [9.17, 15) is 0 Å². The number of pyridine rings is 1. The Kier molecular flexibility index (Phi) is 4.06. The van der Waals surface area contributed by atoms with E-state index in [1.54, 1.807) is 12.4 Å². The van der Waals surface area contributed by atoms with Gasteiger partial charge in [-0.15, -0.1) is 0 Å². The Bertz CT molecular complexity index is 1080. The van der Waals surface area contributed by atoms with E-state index in [1.165, 1.54) is 5.56 Å². The molecule has 0 radical (unpaired) electrons. The van der Waals surface area contributed by atoms with Gasteiger partial charge in [-0.3, -0.25) is 4.98 Å². The van der Waals surface area contributed by atoms with Gasteiger partial charge in [0.05, 0.1) is 0 Å². The second-order valence-corrected chi connectivity index (χ2v) is 6.75. The van der Waals surface area contributed by atoms with Crippen LogP contribution < -0.4 is 5.32 Å². The Morgan fingerprint density at radius 3 is 3.00 bits per heavy atom. The topological polar surface area (TPSA) is 89.6 Å². The molecular weight excluding hydrogens is 340 g/mol. The van der Waals surface area contributed by atoms with Crippen LogP contribution in [0.15, 0.2) is 53.6 Å². The van der Waals surface area contributed by atoms with Gasteiger partial charge in [0.2, 0.25) is 0 Å². The molecule has 7 nitrogen and oxygen atoms in total. The van der Waals surface area contributed by atoms with E-state index in [-0.39, 0.29) is 6.04 Å². The van der Waals surface area contributed by atoms with Crippen LogP contribution in [0.3, 0.4) is 0 Å². The number of rotatable bonds is 4. The van der Waals surface area contributed by atoms with E-state index < -0.39 is 0 Å². The molecule has 134 valence electrons. The number of fused-ring (bicyclic) bond motifs is 2. The van der Waals surface area contributed by atoms with Gasteiger partial charge in [-0.05, 0) is 59.4 Å². The van der Waals surface area contributed by atoms with Crippen molar-refractivity contribution in [3.8, 4) is 11.4 Å². The number of aromatic nitrogens is 5. The van der Waals surface area contributed by atoms with Crippen molar-refractivity contribution in [3.63, 3.8) is 0 Å². The third kappa shape index (κ3) is 3.17.